The third kappa shape index (κ3) is 5.75. The number of carbonyl (C=O) groups is 2. The van der Waals surface area contributed by atoms with Crippen LogP contribution < -0.4 is 42.9 Å². The number of carbonyl (C=O) groups excluding carboxylic acids is 2. The van der Waals surface area contributed by atoms with Gasteiger partial charge < -0.3 is 47.9 Å². The molecule has 0 saturated heterocycles. The summed E-state index contributed by atoms with van der Waals surface area (Å²) < 4.78 is 15.4. The quantitative estimate of drug-likeness (QED) is 0.215. The highest BCUT2D eigenvalue weighted by atomic mass is 127. The Bertz CT molecular complexity index is 2170. The number of pyridine rings is 2. The van der Waals surface area contributed by atoms with E-state index in [4.69, 9.17) is 9.47 Å². The highest BCUT2D eigenvalue weighted by Gasteiger charge is 2.32. The van der Waals surface area contributed by atoms with Gasteiger partial charge >= 0.3 is 0 Å². The summed E-state index contributed by atoms with van der Waals surface area (Å²) in [5.41, 5.74) is 6.56. The first-order valence-electron chi connectivity index (χ1n) is 15.9. The smallest absolute Gasteiger partial charge is 0.265 e. The van der Waals surface area contributed by atoms with E-state index in [1.807, 2.05) is 94.1 Å². The molecule has 5 heterocycles. The Balaban J connectivity index is 0.00000378. The number of rotatable bonds is 5. The van der Waals surface area contributed by atoms with E-state index in [2.05, 4.69) is 19.1 Å². The molecule has 1 atom stereocenters. The second-order valence-electron chi connectivity index (χ2n) is 12.3. The van der Waals surface area contributed by atoms with Gasteiger partial charge in [0.25, 0.3) is 11.8 Å². The number of halogens is 1. The van der Waals surface area contributed by atoms with E-state index in [-0.39, 0.29) is 54.4 Å². The van der Waals surface area contributed by atoms with Crippen LogP contribution in [-0.4, -0.2) is 39.1 Å². The fourth-order valence-electron chi connectivity index (χ4n) is 6.72. The fourth-order valence-corrected chi connectivity index (χ4v) is 6.72. The van der Waals surface area contributed by atoms with Crippen LogP contribution in [-0.2, 0) is 20.0 Å². The number of anilines is 2. The molecule has 49 heavy (non-hydrogen) atoms. The van der Waals surface area contributed by atoms with Crippen LogP contribution in [0.1, 0.15) is 38.8 Å². The van der Waals surface area contributed by atoms with Crippen molar-refractivity contribution >= 4 is 28.7 Å². The minimum Gasteiger partial charge on any atom is -1.00 e. The summed E-state index contributed by atoms with van der Waals surface area (Å²) in [6.45, 7) is 2.64. The van der Waals surface area contributed by atoms with Crippen LogP contribution in [0.5, 0.6) is 17.2 Å². The van der Waals surface area contributed by atoms with Crippen molar-refractivity contribution in [3.63, 3.8) is 0 Å². The molecule has 0 unspecified atom stereocenters. The van der Waals surface area contributed by atoms with Crippen molar-refractivity contribution in [3.8, 4) is 28.5 Å². The number of benzene rings is 3. The molecule has 2 aliphatic rings. The molecule has 0 saturated carbocycles. The second kappa shape index (κ2) is 12.9. The van der Waals surface area contributed by atoms with Crippen molar-refractivity contribution in [3.05, 3.63) is 138 Å². The normalized spacial score (nSPS) is 14.7. The number of phenols is 1. The number of fused-ring (bicyclic) bond motifs is 3. The molecule has 0 fully saturated rings. The molecule has 8 rings (SSSR count). The number of aromatic hydroxyl groups is 1. The summed E-state index contributed by atoms with van der Waals surface area (Å²) in [5.74, 6) is 0.778. The minimum absolute atomic E-state index is 0. The molecule has 3 aromatic carbocycles. The van der Waals surface area contributed by atoms with Crippen LogP contribution in [0.25, 0.3) is 16.8 Å². The molecule has 6 aromatic rings. The van der Waals surface area contributed by atoms with Gasteiger partial charge in [0.15, 0.2) is 23.9 Å². The Hall–Kier alpha value is -5.36. The lowest BCUT2D eigenvalue weighted by Gasteiger charge is -2.35. The molecule has 3 aromatic heterocycles. The molecule has 1 N–H and O–H groups in total. The van der Waals surface area contributed by atoms with E-state index < -0.39 is 0 Å². The fraction of sp³-hybridized carbons (Fsp3) is 0.154. The van der Waals surface area contributed by atoms with Crippen LogP contribution in [0.2, 0.25) is 0 Å². The van der Waals surface area contributed by atoms with Crippen molar-refractivity contribution in [2.75, 3.05) is 11.7 Å². The summed E-state index contributed by atoms with van der Waals surface area (Å²) >= 11 is 0. The maximum absolute atomic E-state index is 14.7. The van der Waals surface area contributed by atoms with Crippen LogP contribution in [0, 0.1) is 0 Å². The zero-order chi connectivity index (χ0) is 32.9. The van der Waals surface area contributed by atoms with E-state index in [1.54, 1.807) is 35.2 Å². The van der Waals surface area contributed by atoms with E-state index >= 15 is 0 Å². The molecular weight excluding hydrogens is 731 g/mol. The largest absolute Gasteiger partial charge is 1.00 e. The molecule has 0 radical (unpaired) electrons. The number of phenolic OH excluding ortho intramolecular Hbond substituents is 1. The Morgan fingerprint density at radius 3 is 2.27 bits per heavy atom. The van der Waals surface area contributed by atoms with Gasteiger partial charge in [0, 0.05) is 42.2 Å². The average Bonchev–Trinajstić information content (AvgIpc) is 3.73. The highest BCUT2D eigenvalue weighted by molar-refractivity contribution is 6.15. The van der Waals surface area contributed by atoms with E-state index in [9.17, 15) is 14.7 Å². The third-order valence-corrected chi connectivity index (χ3v) is 9.22. The van der Waals surface area contributed by atoms with Gasteiger partial charge in [-0.05, 0) is 79.1 Å². The van der Waals surface area contributed by atoms with Crippen LogP contribution in [0.4, 0.5) is 11.4 Å². The van der Waals surface area contributed by atoms with Crippen molar-refractivity contribution in [2.45, 2.75) is 25.9 Å². The molecule has 10 heteroatoms. The number of aryl methyl sites for hydroxylation is 1. The van der Waals surface area contributed by atoms with Gasteiger partial charge in [-0.2, -0.15) is 0 Å². The second-order valence-corrected chi connectivity index (χ2v) is 12.3. The number of amides is 2. The predicted molar refractivity (Wildman–Crippen MR) is 181 cm³/mol. The molecule has 0 bridgehead atoms. The van der Waals surface area contributed by atoms with Gasteiger partial charge in [-0.3, -0.25) is 14.5 Å². The van der Waals surface area contributed by atoms with Crippen molar-refractivity contribution in [2.24, 2.45) is 7.05 Å². The lowest BCUT2D eigenvalue weighted by atomic mass is 9.93. The lowest BCUT2D eigenvalue weighted by molar-refractivity contribution is -0.671. The monoisotopic (exact) mass is 764 g/mol. The topological polar surface area (TPSA) is 87.6 Å². The Labute approximate surface area is 300 Å². The molecular formula is C39H33IN4O5. The molecule has 2 amide bonds. The maximum Gasteiger partial charge on any atom is 0.265 e. The Kier molecular flexibility index (Phi) is 8.49. The van der Waals surface area contributed by atoms with Gasteiger partial charge in [-0.25, -0.2) is 4.57 Å². The van der Waals surface area contributed by atoms with Gasteiger partial charge in [0.1, 0.15) is 12.8 Å². The van der Waals surface area contributed by atoms with Crippen molar-refractivity contribution < 1.29 is 52.7 Å². The number of aromatic nitrogens is 2. The van der Waals surface area contributed by atoms with Gasteiger partial charge in [0.05, 0.1) is 28.0 Å². The molecule has 0 aliphatic carbocycles. The number of nitrogens with zero attached hydrogens (tertiary/aromatic N) is 4. The Morgan fingerprint density at radius 2 is 1.51 bits per heavy atom. The van der Waals surface area contributed by atoms with E-state index in [0.29, 0.717) is 57.3 Å². The molecule has 2 aliphatic heterocycles. The molecule has 0 spiro atoms. The SMILES string of the molecule is C[C@@H]1Cc2ccccc2CN1C(=O)c1cc2c(cc1-c1cc(C(=O)N(c3ccc(O)cc3)c3cc[n+](C)cc3)c3ccccn13)OCO2.[I-]. The highest BCUT2D eigenvalue weighted by Crippen LogP contribution is 2.42. The van der Waals surface area contributed by atoms with Gasteiger partial charge in [-0.1, -0.05) is 30.3 Å². The zero-order valence-electron chi connectivity index (χ0n) is 26.9. The number of ether oxygens (including phenoxy) is 2. The first-order chi connectivity index (χ1) is 23.4. The van der Waals surface area contributed by atoms with Crippen molar-refractivity contribution in [1.82, 2.24) is 9.30 Å². The van der Waals surface area contributed by atoms with Crippen LogP contribution >= 0.6 is 0 Å². The minimum atomic E-state index is -0.264. The molecule has 9 nitrogen and oxygen atoms in total. The summed E-state index contributed by atoms with van der Waals surface area (Å²) in [6.07, 6.45) is 6.42. The average molecular weight is 765 g/mol. The van der Waals surface area contributed by atoms with Gasteiger partial charge in [-0.15, -0.1) is 0 Å². The predicted octanol–water partition coefficient (Wildman–Crippen LogP) is 3.43. The standard InChI is InChI=1S/C39H32N4O5.HI/c1-25-19-26-7-3-4-8-27(26)23-42(25)38(45)32-22-37-36(47-24-48-37)21-31(32)35-20-33(34-9-5-6-16-41(34)35)39(46)43(28-10-12-30(44)13-11-28)29-14-17-40(2)18-15-29;/h3-18,20-22,25H,19,23-24H2,1-2H3;1H/t25-;/m1./s1. The maximum atomic E-state index is 14.7. The first-order valence-corrected chi connectivity index (χ1v) is 15.9. The molecule has 246 valence electrons. The van der Waals surface area contributed by atoms with E-state index in [1.165, 1.54) is 5.56 Å². The van der Waals surface area contributed by atoms with Crippen LogP contribution in [0.3, 0.4) is 0 Å². The summed E-state index contributed by atoms with van der Waals surface area (Å²) in [7, 11) is 1.91. The third-order valence-electron chi connectivity index (χ3n) is 9.22. The summed E-state index contributed by atoms with van der Waals surface area (Å²) in [5, 5.41) is 10.0. The lowest BCUT2D eigenvalue weighted by Crippen LogP contribution is -3.00. The van der Waals surface area contributed by atoms with Crippen LogP contribution in [0.15, 0.2) is 116 Å². The summed E-state index contributed by atoms with van der Waals surface area (Å²) in [6, 6.07) is 29.7. The van der Waals surface area contributed by atoms with E-state index in [0.717, 1.165) is 12.0 Å². The zero-order valence-corrected chi connectivity index (χ0v) is 29.1. The van der Waals surface area contributed by atoms with Gasteiger partial charge in [0.2, 0.25) is 6.79 Å². The number of hydrogen-bond donors (Lipinski definition) is 1. The van der Waals surface area contributed by atoms with Crippen molar-refractivity contribution in [1.29, 1.82) is 0 Å². The first kappa shape index (κ1) is 32.2. The summed E-state index contributed by atoms with van der Waals surface area (Å²) in [4.78, 5) is 32.8. The Morgan fingerprint density at radius 1 is 0.837 bits per heavy atom. The number of hydrogen-bond acceptors (Lipinski definition) is 5.